The van der Waals surface area contributed by atoms with Gasteiger partial charge in [0.05, 0.1) is 18.0 Å². The van der Waals surface area contributed by atoms with Gasteiger partial charge in [0.15, 0.2) is 11.0 Å². The minimum absolute atomic E-state index is 0.0644. The van der Waals surface area contributed by atoms with Crippen molar-refractivity contribution in [2.24, 2.45) is 5.10 Å². The molecule has 0 spiro atoms. The third-order valence-corrected chi connectivity index (χ3v) is 7.13. The summed E-state index contributed by atoms with van der Waals surface area (Å²) in [6.07, 6.45) is 1.39. The highest BCUT2D eigenvalue weighted by molar-refractivity contribution is 9.10. The highest BCUT2D eigenvalue weighted by atomic mass is 79.9. The Hall–Kier alpha value is -3.34. The van der Waals surface area contributed by atoms with Crippen molar-refractivity contribution in [1.29, 1.82) is 0 Å². The van der Waals surface area contributed by atoms with Crippen LogP contribution >= 0.6 is 39.3 Å². The van der Waals surface area contributed by atoms with Crippen molar-refractivity contribution in [2.45, 2.75) is 30.8 Å². The number of para-hydroxylation sites is 1. The van der Waals surface area contributed by atoms with Crippen molar-refractivity contribution in [2.75, 3.05) is 5.32 Å². The van der Waals surface area contributed by atoms with Crippen LogP contribution in [0.2, 0.25) is 5.02 Å². The van der Waals surface area contributed by atoms with E-state index in [1.165, 1.54) is 18.0 Å². The normalized spacial score (nSPS) is 12.0. The second kappa shape index (κ2) is 12.3. The first-order valence-electron chi connectivity index (χ1n) is 11.3. The SMILES string of the molecule is Cc1cc(Cl)ccc1NCc1nnc(SC(C)C(=O)NN=Cc2cc(Br)ccc2O)n1-c1ccccc1. The fraction of sp³-hybridized carbons (Fsp3) is 0.154. The van der Waals surface area contributed by atoms with Gasteiger partial charge in [-0.25, -0.2) is 5.43 Å². The van der Waals surface area contributed by atoms with Gasteiger partial charge in [-0.05, 0) is 67.9 Å². The van der Waals surface area contributed by atoms with Crippen LogP contribution in [0.4, 0.5) is 5.69 Å². The number of phenols is 1. The van der Waals surface area contributed by atoms with Crippen LogP contribution in [0.3, 0.4) is 0 Å². The van der Waals surface area contributed by atoms with Crippen molar-refractivity contribution in [3.05, 3.63) is 93.2 Å². The highest BCUT2D eigenvalue weighted by Gasteiger charge is 2.21. The quantitative estimate of drug-likeness (QED) is 0.125. The van der Waals surface area contributed by atoms with Gasteiger partial charge in [0, 0.05) is 26.4 Å². The number of amides is 1. The van der Waals surface area contributed by atoms with E-state index in [4.69, 9.17) is 11.6 Å². The van der Waals surface area contributed by atoms with E-state index in [-0.39, 0.29) is 11.7 Å². The summed E-state index contributed by atoms with van der Waals surface area (Å²) in [7, 11) is 0. The van der Waals surface area contributed by atoms with Crippen LogP contribution in [0.5, 0.6) is 5.75 Å². The molecule has 3 N–H and O–H groups in total. The van der Waals surface area contributed by atoms with E-state index in [0.717, 1.165) is 21.4 Å². The molecule has 3 aromatic carbocycles. The standard InChI is InChI=1S/C26H24BrClN6O2S/c1-16-12-20(28)9-10-22(16)29-15-24-31-33-26(34(24)21-6-4-3-5-7-21)37-17(2)25(36)32-30-14-18-13-19(27)8-11-23(18)35/h3-14,17,29,35H,15H2,1-2H3,(H,32,36). The summed E-state index contributed by atoms with van der Waals surface area (Å²) in [5.74, 6) is 0.447. The van der Waals surface area contributed by atoms with E-state index in [1.54, 1.807) is 25.1 Å². The number of hydrogen-bond acceptors (Lipinski definition) is 7. The molecule has 0 aliphatic heterocycles. The van der Waals surface area contributed by atoms with Gasteiger partial charge in [-0.1, -0.05) is 57.5 Å². The number of anilines is 1. The zero-order valence-electron chi connectivity index (χ0n) is 20.0. The molecule has 0 saturated carbocycles. The third-order valence-electron chi connectivity index (χ3n) is 5.36. The second-order valence-corrected chi connectivity index (χ2v) is 10.7. The lowest BCUT2D eigenvalue weighted by Gasteiger charge is -2.14. The maximum Gasteiger partial charge on any atom is 0.253 e. The summed E-state index contributed by atoms with van der Waals surface area (Å²) in [6.45, 7) is 4.18. The van der Waals surface area contributed by atoms with Gasteiger partial charge in [0.1, 0.15) is 5.75 Å². The number of carbonyl (C=O) groups excluding carboxylic acids is 1. The predicted molar refractivity (Wildman–Crippen MR) is 152 cm³/mol. The molecule has 1 heterocycles. The molecule has 0 radical (unpaired) electrons. The van der Waals surface area contributed by atoms with E-state index < -0.39 is 5.25 Å². The Morgan fingerprint density at radius 3 is 2.73 bits per heavy atom. The molecule has 1 unspecified atom stereocenters. The summed E-state index contributed by atoms with van der Waals surface area (Å²) in [6, 6.07) is 20.4. The number of aryl methyl sites for hydroxylation is 1. The monoisotopic (exact) mass is 598 g/mol. The fourth-order valence-corrected chi connectivity index (χ4v) is 4.91. The summed E-state index contributed by atoms with van der Waals surface area (Å²) in [5, 5.41) is 26.8. The molecular weight excluding hydrogens is 576 g/mol. The summed E-state index contributed by atoms with van der Waals surface area (Å²) >= 11 is 10.7. The number of benzene rings is 3. The molecule has 4 aromatic rings. The van der Waals surface area contributed by atoms with Gasteiger partial charge in [-0.3, -0.25) is 9.36 Å². The molecule has 11 heteroatoms. The third kappa shape index (κ3) is 6.91. The van der Waals surface area contributed by atoms with Gasteiger partial charge in [0.25, 0.3) is 5.91 Å². The van der Waals surface area contributed by atoms with Crippen LogP contribution in [-0.4, -0.2) is 37.2 Å². The van der Waals surface area contributed by atoms with Crippen molar-refractivity contribution >= 4 is 57.1 Å². The predicted octanol–water partition coefficient (Wildman–Crippen LogP) is 5.94. The molecular formula is C26H24BrClN6O2S. The number of hydrazone groups is 1. The number of halogens is 2. The number of aromatic hydroxyl groups is 1. The lowest BCUT2D eigenvalue weighted by atomic mass is 10.2. The van der Waals surface area contributed by atoms with E-state index >= 15 is 0 Å². The van der Waals surface area contributed by atoms with Gasteiger partial charge < -0.3 is 10.4 Å². The molecule has 0 saturated heterocycles. The first kappa shape index (κ1) is 26.7. The molecule has 0 fully saturated rings. The average Bonchev–Trinajstić information content (AvgIpc) is 3.28. The lowest BCUT2D eigenvalue weighted by molar-refractivity contribution is -0.120. The molecule has 0 bridgehead atoms. The fourth-order valence-electron chi connectivity index (χ4n) is 3.42. The molecule has 8 nitrogen and oxygen atoms in total. The average molecular weight is 600 g/mol. The highest BCUT2D eigenvalue weighted by Crippen LogP contribution is 2.27. The van der Waals surface area contributed by atoms with Crippen LogP contribution in [0.25, 0.3) is 5.69 Å². The maximum atomic E-state index is 12.7. The molecule has 1 aromatic heterocycles. The molecule has 4 rings (SSSR count). The van der Waals surface area contributed by atoms with E-state index in [2.05, 4.69) is 42.0 Å². The largest absolute Gasteiger partial charge is 0.507 e. The first-order chi connectivity index (χ1) is 17.8. The maximum absolute atomic E-state index is 12.7. The number of rotatable bonds is 9. The topological polar surface area (TPSA) is 104 Å². The van der Waals surface area contributed by atoms with Crippen LogP contribution in [0.15, 0.2) is 81.5 Å². The van der Waals surface area contributed by atoms with Gasteiger partial charge in [-0.2, -0.15) is 5.10 Å². The van der Waals surface area contributed by atoms with Gasteiger partial charge in [-0.15, -0.1) is 10.2 Å². The lowest BCUT2D eigenvalue weighted by Crippen LogP contribution is -2.27. The van der Waals surface area contributed by atoms with Crippen LogP contribution in [0, 0.1) is 6.92 Å². The second-order valence-electron chi connectivity index (χ2n) is 8.08. The minimum atomic E-state index is -0.515. The Kier molecular flexibility index (Phi) is 8.86. The van der Waals surface area contributed by atoms with Crippen LogP contribution in [-0.2, 0) is 11.3 Å². The van der Waals surface area contributed by atoms with Crippen LogP contribution < -0.4 is 10.7 Å². The van der Waals surface area contributed by atoms with E-state index in [0.29, 0.717) is 28.1 Å². The number of nitrogens with one attached hydrogen (secondary N) is 2. The number of phenolic OH excluding ortho intramolecular Hbond substituents is 1. The molecule has 0 aliphatic carbocycles. The Bertz CT molecular complexity index is 1430. The summed E-state index contributed by atoms with van der Waals surface area (Å²) in [5.41, 5.74) is 5.86. The Balaban J connectivity index is 1.49. The van der Waals surface area contributed by atoms with E-state index in [9.17, 15) is 9.90 Å². The molecule has 1 amide bonds. The van der Waals surface area contributed by atoms with Gasteiger partial charge >= 0.3 is 0 Å². The molecule has 37 heavy (non-hydrogen) atoms. The number of hydrogen-bond donors (Lipinski definition) is 3. The Morgan fingerprint density at radius 2 is 1.97 bits per heavy atom. The zero-order chi connectivity index (χ0) is 26.4. The Morgan fingerprint density at radius 1 is 1.19 bits per heavy atom. The van der Waals surface area contributed by atoms with Crippen molar-refractivity contribution in [3.63, 3.8) is 0 Å². The number of nitrogens with zero attached hydrogens (tertiary/aromatic N) is 4. The van der Waals surface area contributed by atoms with Crippen molar-refractivity contribution in [3.8, 4) is 11.4 Å². The number of carbonyl (C=O) groups is 1. The van der Waals surface area contributed by atoms with Crippen molar-refractivity contribution in [1.82, 2.24) is 20.2 Å². The smallest absolute Gasteiger partial charge is 0.253 e. The van der Waals surface area contributed by atoms with Gasteiger partial charge in [0.2, 0.25) is 0 Å². The summed E-state index contributed by atoms with van der Waals surface area (Å²) in [4.78, 5) is 12.7. The van der Waals surface area contributed by atoms with Crippen LogP contribution in [0.1, 0.15) is 23.9 Å². The molecule has 190 valence electrons. The number of thioether (sulfide) groups is 1. The summed E-state index contributed by atoms with van der Waals surface area (Å²) < 4.78 is 2.72. The first-order valence-corrected chi connectivity index (χ1v) is 13.3. The van der Waals surface area contributed by atoms with Crippen molar-refractivity contribution < 1.29 is 9.90 Å². The minimum Gasteiger partial charge on any atom is -0.507 e. The Labute approximate surface area is 232 Å². The zero-order valence-corrected chi connectivity index (χ0v) is 23.2. The molecule has 0 aliphatic rings. The van der Waals surface area contributed by atoms with E-state index in [1.807, 2.05) is 60.0 Å². The number of aromatic nitrogens is 3. The molecule has 1 atom stereocenters.